The second-order valence-electron chi connectivity index (χ2n) is 4.73. The first kappa shape index (κ1) is 12.8. The maximum Gasteiger partial charge on any atom is 0.281 e. The van der Waals surface area contributed by atoms with E-state index in [-0.39, 0.29) is 5.82 Å². The van der Waals surface area contributed by atoms with Gasteiger partial charge in [-0.1, -0.05) is 24.3 Å². The molecular formula is C16H16FN2O+. The van der Waals surface area contributed by atoms with Crippen molar-refractivity contribution in [3.8, 4) is 0 Å². The molecule has 3 aromatic rings. The highest BCUT2D eigenvalue weighted by atomic mass is 19.1. The van der Waals surface area contributed by atoms with Crippen molar-refractivity contribution >= 4 is 11.0 Å². The Balaban J connectivity index is 2.04. The van der Waals surface area contributed by atoms with Gasteiger partial charge in [0.2, 0.25) is 0 Å². The number of hydrogen-bond donors (Lipinski definition) is 1. The number of rotatable bonds is 4. The molecule has 1 heterocycles. The van der Waals surface area contributed by atoms with Crippen LogP contribution in [0.2, 0.25) is 0 Å². The predicted octanol–water partition coefficient (Wildman–Crippen LogP) is 2.79. The maximum absolute atomic E-state index is 13.0. The number of nitrogens with zero attached hydrogens (tertiary/aromatic N) is 1. The standard InChI is InChI=1S/C16H15FN2O/c1-20-11-16-18-14-4-2-3-5-15(14)19(16)10-12-6-8-13(17)9-7-12/h2-9H,10-11H2,1H3/p+1. The first-order chi connectivity index (χ1) is 9.78. The van der Waals surface area contributed by atoms with Gasteiger partial charge in [0, 0.05) is 7.11 Å². The number of aromatic nitrogens is 2. The summed E-state index contributed by atoms with van der Waals surface area (Å²) >= 11 is 0. The van der Waals surface area contributed by atoms with Crippen molar-refractivity contribution < 1.29 is 13.7 Å². The van der Waals surface area contributed by atoms with Gasteiger partial charge in [-0.25, -0.2) is 13.9 Å². The molecule has 1 aromatic heterocycles. The van der Waals surface area contributed by atoms with Crippen LogP contribution in [0, 0.1) is 5.82 Å². The number of methoxy groups -OCH3 is 1. The first-order valence-electron chi connectivity index (χ1n) is 6.51. The lowest BCUT2D eigenvalue weighted by Gasteiger charge is -2.02. The lowest BCUT2D eigenvalue weighted by Crippen LogP contribution is -2.37. The van der Waals surface area contributed by atoms with Gasteiger partial charge in [0.05, 0.1) is 0 Å². The molecule has 0 fully saturated rings. The van der Waals surface area contributed by atoms with E-state index in [9.17, 15) is 4.39 Å². The molecule has 0 saturated heterocycles. The van der Waals surface area contributed by atoms with Crippen molar-refractivity contribution in [2.45, 2.75) is 13.2 Å². The van der Waals surface area contributed by atoms with E-state index in [1.165, 1.54) is 12.1 Å². The van der Waals surface area contributed by atoms with Gasteiger partial charge < -0.3 is 4.74 Å². The van der Waals surface area contributed by atoms with E-state index in [0.717, 1.165) is 22.4 Å². The molecule has 0 amide bonds. The average Bonchev–Trinajstić information content (AvgIpc) is 2.80. The minimum atomic E-state index is -0.213. The van der Waals surface area contributed by atoms with Crippen LogP contribution in [0.1, 0.15) is 11.4 Å². The fourth-order valence-electron chi connectivity index (χ4n) is 2.39. The Hall–Kier alpha value is -2.20. The summed E-state index contributed by atoms with van der Waals surface area (Å²) in [5, 5.41) is 0. The SMILES string of the molecule is COCc1[nH]c2ccccc2[n+]1Cc1ccc(F)cc1. The molecule has 102 valence electrons. The molecule has 3 nitrogen and oxygen atoms in total. The van der Waals surface area contributed by atoms with Crippen LogP contribution in [0.5, 0.6) is 0 Å². The van der Waals surface area contributed by atoms with Gasteiger partial charge in [0.25, 0.3) is 5.82 Å². The molecule has 0 aliphatic carbocycles. The monoisotopic (exact) mass is 271 g/mol. The molecule has 0 unspecified atom stereocenters. The van der Waals surface area contributed by atoms with Gasteiger partial charge >= 0.3 is 0 Å². The van der Waals surface area contributed by atoms with Crippen molar-refractivity contribution in [2.75, 3.05) is 7.11 Å². The summed E-state index contributed by atoms with van der Waals surface area (Å²) < 4.78 is 20.4. The van der Waals surface area contributed by atoms with Crippen LogP contribution < -0.4 is 4.57 Å². The van der Waals surface area contributed by atoms with Crippen LogP contribution >= 0.6 is 0 Å². The minimum absolute atomic E-state index is 0.213. The van der Waals surface area contributed by atoms with Crippen LogP contribution in [-0.2, 0) is 17.9 Å². The van der Waals surface area contributed by atoms with Crippen molar-refractivity contribution in [3.05, 3.63) is 65.7 Å². The average molecular weight is 271 g/mol. The van der Waals surface area contributed by atoms with E-state index in [1.807, 2.05) is 18.2 Å². The summed E-state index contributed by atoms with van der Waals surface area (Å²) in [5.74, 6) is 0.785. The maximum atomic E-state index is 13.0. The zero-order chi connectivity index (χ0) is 13.9. The van der Waals surface area contributed by atoms with Gasteiger partial charge in [0.15, 0.2) is 11.0 Å². The Labute approximate surface area is 116 Å². The van der Waals surface area contributed by atoms with Gasteiger partial charge in [-0.3, -0.25) is 0 Å². The van der Waals surface area contributed by atoms with E-state index in [0.29, 0.717) is 13.2 Å². The molecular weight excluding hydrogens is 255 g/mol. The number of aromatic amines is 1. The lowest BCUT2D eigenvalue weighted by molar-refractivity contribution is -0.672. The van der Waals surface area contributed by atoms with Gasteiger partial charge in [0.1, 0.15) is 19.0 Å². The summed E-state index contributed by atoms with van der Waals surface area (Å²) in [7, 11) is 1.67. The Bertz CT molecular complexity index is 719. The molecule has 0 atom stereocenters. The smallest absolute Gasteiger partial charge is 0.281 e. The number of halogens is 1. The number of ether oxygens (including phenoxy) is 1. The highest BCUT2D eigenvalue weighted by Gasteiger charge is 2.17. The zero-order valence-corrected chi connectivity index (χ0v) is 11.3. The van der Waals surface area contributed by atoms with Crippen LogP contribution in [0.4, 0.5) is 4.39 Å². The van der Waals surface area contributed by atoms with E-state index in [4.69, 9.17) is 4.74 Å². The van der Waals surface area contributed by atoms with Crippen molar-refractivity contribution in [3.63, 3.8) is 0 Å². The number of benzene rings is 2. The van der Waals surface area contributed by atoms with E-state index in [2.05, 4.69) is 15.6 Å². The third-order valence-electron chi connectivity index (χ3n) is 3.33. The number of hydrogen-bond acceptors (Lipinski definition) is 1. The highest BCUT2D eigenvalue weighted by molar-refractivity contribution is 5.71. The molecule has 20 heavy (non-hydrogen) atoms. The number of nitrogens with one attached hydrogen (secondary N) is 1. The lowest BCUT2D eigenvalue weighted by atomic mass is 10.2. The summed E-state index contributed by atoms with van der Waals surface area (Å²) in [6.07, 6.45) is 0. The van der Waals surface area contributed by atoms with E-state index < -0.39 is 0 Å². The largest absolute Gasteiger partial charge is 0.372 e. The Morgan fingerprint density at radius 1 is 1.10 bits per heavy atom. The topological polar surface area (TPSA) is 28.9 Å². The number of fused-ring (bicyclic) bond motifs is 1. The molecule has 0 bridgehead atoms. The first-order valence-corrected chi connectivity index (χ1v) is 6.51. The summed E-state index contributed by atoms with van der Waals surface area (Å²) in [6.45, 7) is 1.19. The number of imidazole rings is 1. The Kier molecular flexibility index (Phi) is 3.48. The number of H-pyrrole nitrogens is 1. The second kappa shape index (κ2) is 5.43. The molecule has 0 spiro atoms. The number of para-hydroxylation sites is 2. The molecule has 2 aromatic carbocycles. The molecule has 1 N–H and O–H groups in total. The zero-order valence-electron chi connectivity index (χ0n) is 11.3. The Morgan fingerprint density at radius 2 is 1.85 bits per heavy atom. The van der Waals surface area contributed by atoms with Crippen LogP contribution in [0.15, 0.2) is 48.5 Å². The third kappa shape index (κ3) is 2.42. The molecule has 0 aliphatic heterocycles. The predicted molar refractivity (Wildman–Crippen MR) is 74.7 cm³/mol. The minimum Gasteiger partial charge on any atom is -0.372 e. The molecule has 0 saturated carbocycles. The third-order valence-corrected chi connectivity index (χ3v) is 3.33. The summed E-state index contributed by atoms with van der Waals surface area (Å²) in [6, 6.07) is 14.7. The Morgan fingerprint density at radius 3 is 2.60 bits per heavy atom. The molecule has 0 radical (unpaired) electrons. The van der Waals surface area contributed by atoms with Gasteiger partial charge in [-0.15, -0.1) is 0 Å². The van der Waals surface area contributed by atoms with Crippen LogP contribution in [-0.4, -0.2) is 12.1 Å². The molecule has 4 heteroatoms. The van der Waals surface area contributed by atoms with Gasteiger partial charge in [-0.2, -0.15) is 0 Å². The quantitative estimate of drug-likeness (QED) is 0.726. The van der Waals surface area contributed by atoms with Crippen molar-refractivity contribution in [1.82, 2.24) is 4.98 Å². The molecule has 0 aliphatic rings. The van der Waals surface area contributed by atoms with Crippen LogP contribution in [0.25, 0.3) is 11.0 Å². The van der Waals surface area contributed by atoms with Crippen molar-refractivity contribution in [1.29, 1.82) is 0 Å². The summed E-state index contributed by atoms with van der Waals surface area (Å²) in [4.78, 5) is 3.36. The fourth-order valence-corrected chi connectivity index (χ4v) is 2.39. The van der Waals surface area contributed by atoms with E-state index >= 15 is 0 Å². The summed E-state index contributed by atoms with van der Waals surface area (Å²) in [5.41, 5.74) is 3.24. The van der Waals surface area contributed by atoms with Crippen LogP contribution in [0.3, 0.4) is 0 Å². The molecule has 3 rings (SSSR count). The fraction of sp³-hybridized carbons (Fsp3) is 0.188. The second-order valence-corrected chi connectivity index (χ2v) is 4.73. The normalized spacial score (nSPS) is 11.1. The van der Waals surface area contributed by atoms with Gasteiger partial charge in [-0.05, 0) is 29.8 Å². The highest BCUT2D eigenvalue weighted by Crippen LogP contribution is 2.11. The van der Waals surface area contributed by atoms with E-state index in [1.54, 1.807) is 19.2 Å². The van der Waals surface area contributed by atoms with Crippen molar-refractivity contribution in [2.24, 2.45) is 0 Å².